The molecule has 10 nitrogen and oxygen atoms in total. The number of hydrogen-bond donors (Lipinski definition) is 4. The third kappa shape index (κ3) is 8.66. The highest BCUT2D eigenvalue weighted by molar-refractivity contribution is 6.12. The maximum atomic E-state index is 13.6. The van der Waals surface area contributed by atoms with Gasteiger partial charge in [-0.3, -0.25) is 9.59 Å². The highest BCUT2D eigenvalue weighted by Gasteiger charge is 2.26. The van der Waals surface area contributed by atoms with Crippen molar-refractivity contribution in [1.29, 1.82) is 0 Å². The topological polar surface area (TPSA) is 127 Å². The van der Waals surface area contributed by atoms with Crippen molar-refractivity contribution in [2.75, 3.05) is 39.1 Å². The number of Topliss-reactive ketones (excluding diaryl/α,β-unsaturated/α-hetero) is 2. The van der Waals surface area contributed by atoms with Gasteiger partial charge in [-0.15, -0.1) is 0 Å². The molecule has 0 aliphatic carbocycles. The lowest BCUT2D eigenvalue weighted by molar-refractivity contribution is 0.0963. The Hall–Kier alpha value is -7.46. The molecule has 0 radical (unpaired) electrons. The number of ether oxygens (including phenoxy) is 4. The number of fused-ring (bicyclic) bond motifs is 2. The smallest absolute Gasteiger partial charge is 0.191 e. The quantitative estimate of drug-likeness (QED) is 0.0805. The zero-order valence-corrected chi connectivity index (χ0v) is 32.6. The van der Waals surface area contributed by atoms with Gasteiger partial charge in [-0.1, -0.05) is 72.8 Å². The number of ketones is 2. The number of methoxy groups -OCH3 is 4. The van der Waals surface area contributed by atoms with E-state index in [-0.39, 0.29) is 11.6 Å². The first kappa shape index (κ1) is 38.8. The van der Waals surface area contributed by atoms with Crippen LogP contribution in [0.15, 0.2) is 158 Å². The summed E-state index contributed by atoms with van der Waals surface area (Å²) in [6.45, 7) is 0. The molecule has 4 N–H and O–H groups in total. The van der Waals surface area contributed by atoms with Gasteiger partial charge in [-0.05, 0) is 71.8 Å². The molecule has 6 aromatic carbocycles. The van der Waals surface area contributed by atoms with E-state index >= 15 is 0 Å². The zero-order valence-electron chi connectivity index (χ0n) is 32.6. The molecule has 2 unspecified atom stereocenters. The first-order valence-electron chi connectivity index (χ1n) is 18.7. The summed E-state index contributed by atoms with van der Waals surface area (Å²) in [7, 11) is 6.48. The fraction of sp³-hybridized carbons (Fsp3) is 0.125. The van der Waals surface area contributed by atoms with Crippen molar-refractivity contribution in [3.05, 3.63) is 180 Å². The van der Waals surface area contributed by atoms with Crippen LogP contribution in [-0.4, -0.2) is 50.0 Å². The van der Waals surface area contributed by atoms with E-state index in [2.05, 4.69) is 20.6 Å². The van der Waals surface area contributed by atoms with Crippen molar-refractivity contribution in [2.45, 2.75) is 12.1 Å². The number of aromatic nitrogens is 2. The van der Waals surface area contributed by atoms with Crippen LogP contribution in [0, 0.1) is 0 Å². The van der Waals surface area contributed by atoms with Crippen LogP contribution in [0.3, 0.4) is 0 Å². The molecule has 0 spiro atoms. The van der Waals surface area contributed by atoms with Crippen LogP contribution in [0.5, 0.6) is 23.0 Å². The van der Waals surface area contributed by atoms with Crippen molar-refractivity contribution in [1.82, 2.24) is 9.97 Å². The Morgan fingerprint density at radius 2 is 0.828 bits per heavy atom. The summed E-state index contributed by atoms with van der Waals surface area (Å²) >= 11 is 0. The molecule has 0 saturated heterocycles. The second kappa shape index (κ2) is 18.0. The molecule has 8 aromatic rings. The number of rotatable bonds is 14. The largest absolute Gasteiger partial charge is 0.497 e. The SMILES string of the molecule is COc1cccc(NC(C(=O)c2c[nH]c3ccc(OC)cc23)c2ccccc2)c1.COc1cccc(NC(C(=O)c2c[nH]c3ccc(OC)cc23)c2ccccc2)c1. The maximum Gasteiger partial charge on any atom is 0.191 e. The van der Waals surface area contributed by atoms with Crippen LogP contribution in [0.25, 0.3) is 21.8 Å². The molecule has 2 atom stereocenters. The number of anilines is 2. The van der Waals surface area contributed by atoms with Crippen molar-refractivity contribution >= 4 is 44.7 Å². The highest BCUT2D eigenvalue weighted by atomic mass is 16.5. The summed E-state index contributed by atoms with van der Waals surface area (Å²) in [5.74, 6) is 2.82. The lowest BCUT2D eigenvalue weighted by atomic mass is 9.96. The standard InChI is InChI=1S/2C24H22N2O3/c2*1-28-18-10-6-9-17(13-18)26-23(16-7-4-3-5-8-16)24(27)21-15-25-22-12-11-19(29-2)14-20(21)22/h2*3-15,23,25-26H,1-2H3. The van der Waals surface area contributed by atoms with E-state index in [1.54, 1.807) is 40.8 Å². The first-order chi connectivity index (χ1) is 28.4. The molecule has 10 heteroatoms. The molecule has 0 bridgehead atoms. The van der Waals surface area contributed by atoms with Crippen molar-refractivity contribution in [2.24, 2.45) is 0 Å². The van der Waals surface area contributed by atoms with E-state index in [9.17, 15) is 9.59 Å². The van der Waals surface area contributed by atoms with Gasteiger partial charge >= 0.3 is 0 Å². The van der Waals surface area contributed by atoms with Crippen molar-refractivity contribution in [3.8, 4) is 23.0 Å². The van der Waals surface area contributed by atoms with E-state index in [1.165, 1.54) is 0 Å². The molecular formula is C48H44N4O6. The van der Waals surface area contributed by atoms with Crippen LogP contribution in [0.1, 0.15) is 43.9 Å². The molecular weight excluding hydrogens is 729 g/mol. The van der Waals surface area contributed by atoms with E-state index in [0.29, 0.717) is 22.6 Å². The van der Waals surface area contributed by atoms with Crippen molar-refractivity contribution < 1.29 is 28.5 Å². The summed E-state index contributed by atoms with van der Waals surface area (Å²) in [5, 5.41) is 8.43. The van der Waals surface area contributed by atoms with E-state index < -0.39 is 12.1 Å². The van der Waals surface area contributed by atoms with Gasteiger partial charge < -0.3 is 39.5 Å². The Bertz CT molecular complexity index is 2450. The molecule has 0 aliphatic heterocycles. The minimum atomic E-state index is -0.548. The molecule has 0 saturated carbocycles. The average molecular weight is 773 g/mol. The molecule has 8 rings (SSSR count). The first-order valence-corrected chi connectivity index (χ1v) is 18.7. The number of aromatic amines is 2. The minimum Gasteiger partial charge on any atom is -0.497 e. The maximum absolute atomic E-state index is 13.6. The Labute approximate surface area is 336 Å². The van der Waals surface area contributed by atoms with Gasteiger partial charge in [-0.2, -0.15) is 0 Å². The lowest BCUT2D eigenvalue weighted by Crippen LogP contribution is -2.21. The zero-order chi connectivity index (χ0) is 40.4. The average Bonchev–Trinajstić information content (AvgIpc) is 3.92. The van der Waals surface area contributed by atoms with Crippen LogP contribution in [0.2, 0.25) is 0 Å². The molecule has 292 valence electrons. The Balaban J connectivity index is 0.000000177. The van der Waals surface area contributed by atoms with Gasteiger partial charge in [-0.25, -0.2) is 0 Å². The van der Waals surface area contributed by atoms with E-state index in [1.807, 2.05) is 146 Å². The monoisotopic (exact) mass is 772 g/mol. The lowest BCUT2D eigenvalue weighted by Gasteiger charge is -2.19. The van der Waals surface area contributed by atoms with Gasteiger partial charge in [0.15, 0.2) is 11.6 Å². The predicted octanol–water partition coefficient (Wildman–Crippen LogP) is 10.4. The van der Waals surface area contributed by atoms with Crippen molar-refractivity contribution in [3.63, 3.8) is 0 Å². The number of carbonyl (C=O) groups is 2. The van der Waals surface area contributed by atoms with Crippen LogP contribution >= 0.6 is 0 Å². The fourth-order valence-corrected chi connectivity index (χ4v) is 6.82. The number of H-pyrrole nitrogens is 2. The van der Waals surface area contributed by atoms with E-state index in [4.69, 9.17) is 18.9 Å². The summed E-state index contributed by atoms with van der Waals surface area (Å²) in [5.41, 5.74) is 6.40. The molecule has 58 heavy (non-hydrogen) atoms. The summed E-state index contributed by atoms with van der Waals surface area (Å²) < 4.78 is 21.3. The third-order valence-electron chi connectivity index (χ3n) is 9.86. The number of nitrogens with one attached hydrogen (secondary N) is 4. The van der Waals surface area contributed by atoms with Gasteiger partial charge in [0.25, 0.3) is 0 Å². The fourth-order valence-electron chi connectivity index (χ4n) is 6.82. The van der Waals surface area contributed by atoms with Gasteiger partial charge in [0.2, 0.25) is 0 Å². The Morgan fingerprint density at radius 1 is 0.448 bits per heavy atom. The molecule has 0 amide bonds. The molecule has 0 fully saturated rings. The van der Waals surface area contributed by atoms with Crippen LogP contribution in [-0.2, 0) is 0 Å². The van der Waals surface area contributed by atoms with E-state index in [0.717, 1.165) is 55.8 Å². The third-order valence-corrected chi connectivity index (χ3v) is 9.86. The second-order valence-corrected chi connectivity index (χ2v) is 13.4. The van der Waals surface area contributed by atoms with Gasteiger partial charge in [0.1, 0.15) is 35.1 Å². The minimum absolute atomic E-state index is 0.0291. The number of hydrogen-bond acceptors (Lipinski definition) is 8. The highest BCUT2D eigenvalue weighted by Crippen LogP contribution is 2.32. The van der Waals surface area contributed by atoms with Gasteiger partial charge in [0.05, 0.1) is 28.4 Å². The van der Waals surface area contributed by atoms with Crippen LogP contribution in [0.4, 0.5) is 11.4 Å². The molecule has 2 heterocycles. The van der Waals surface area contributed by atoms with Gasteiger partial charge in [0, 0.05) is 68.8 Å². The molecule has 0 aliphatic rings. The molecule has 2 aromatic heterocycles. The summed E-state index contributed by atoms with van der Waals surface area (Å²) in [4.78, 5) is 33.6. The number of benzene rings is 6. The Kier molecular flexibility index (Phi) is 12.0. The normalized spacial score (nSPS) is 11.8. The Morgan fingerprint density at radius 3 is 1.21 bits per heavy atom. The predicted molar refractivity (Wildman–Crippen MR) is 230 cm³/mol. The second-order valence-electron chi connectivity index (χ2n) is 13.4. The van der Waals surface area contributed by atoms with Crippen LogP contribution < -0.4 is 29.6 Å². The summed E-state index contributed by atoms with van der Waals surface area (Å²) in [6.07, 6.45) is 3.52. The number of carbonyl (C=O) groups excluding carboxylic acids is 2. The summed E-state index contributed by atoms with van der Waals surface area (Å²) in [6, 6.07) is 44.8.